The molecule has 1 aliphatic rings. The van der Waals surface area contributed by atoms with Gasteiger partial charge in [0.25, 0.3) is 0 Å². The highest BCUT2D eigenvalue weighted by atomic mass is 16.4. The van der Waals surface area contributed by atoms with Gasteiger partial charge in [-0.3, -0.25) is 9.78 Å². The molecular weight excluding hydrogens is 202 g/mol. The highest BCUT2D eigenvalue weighted by molar-refractivity contribution is 5.70. The number of carbonyl (C=O) groups is 1. The van der Waals surface area contributed by atoms with E-state index in [0.717, 1.165) is 31.2 Å². The molecule has 1 aliphatic carbocycles. The quantitative estimate of drug-likeness (QED) is 0.828. The lowest BCUT2D eigenvalue weighted by Gasteiger charge is -2.20. The summed E-state index contributed by atoms with van der Waals surface area (Å²) in [4.78, 5) is 14.8. The molecule has 1 N–H and O–H groups in total. The Morgan fingerprint density at radius 1 is 1.31 bits per heavy atom. The van der Waals surface area contributed by atoms with Crippen LogP contribution >= 0.6 is 0 Å². The Balaban J connectivity index is 1.99. The van der Waals surface area contributed by atoms with Gasteiger partial charge in [0.1, 0.15) is 0 Å². The van der Waals surface area contributed by atoms with Gasteiger partial charge in [-0.15, -0.1) is 0 Å². The van der Waals surface area contributed by atoms with E-state index in [1.165, 1.54) is 5.57 Å². The van der Waals surface area contributed by atoms with Gasteiger partial charge in [0.2, 0.25) is 0 Å². The van der Waals surface area contributed by atoms with Gasteiger partial charge in [0.05, 0.1) is 5.92 Å². The second-order valence-electron chi connectivity index (χ2n) is 4.20. The van der Waals surface area contributed by atoms with Crippen molar-refractivity contribution in [3.63, 3.8) is 0 Å². The molecule has 1 aromatic rings. The lowest BCUT2D eigenvalue weighted by Crippen LogP contribution is -2.17. The van der Waals surface area contributed by atoms with Crippen LogP contribution in [0, 0.1) is 5.92 Å². The molecule has 1 fully saturated rings. The highest BCUT2D eigenvalue weighted by Crippen LogP contribution is 2.29. The number of rotatable bonds is 2. The topological polar surface area (TPSA) is 50.2 Å². The second kappa shape index (κ2) is 4.92. The molecule has 2 rings (SSSR count). The highest BCUT2D eigenvalue weighted by Gasteiger charge is 2.22. The van der Waals surface area contributed by atoms with Crippen LogP contribution in [0.15, 0.2) is 30.1 Å². The van der Waals surface area contributed by atoms with Crippen LogP contribution in [0.25, 0.3) is 6.08 Å². The van der Waals surface area contributed by atoms with Gasteiger partial charge in [0, 0.05) is 12.4 Å². The van der Waals surface area contributed by atoms with Crippen molar-refractivity contribution in [1.82, 2.24) is 4.98 Å². The lowest BCUT2D eigenvalue weighted by atomic mass is 9.85. The summed E-state index contributed by atoms with van der Waals surface area (Å²) in [6.07, 6.45) is 9.04. The van der Waals surface area contributed by atoms with Crippen molar-refractivity contribution >= 4 is 12.0 Å². The van der Waals surface area contributed by atoms with Crippen molar-refractivity contribution < 1.29 is 9.90 Å². The summed E-state index contributed by atoms with van der Waals surface area (Å²) in [5.74, 6) is -0.794. The van der Waals surface area contributed by atoms with Crippen LogP contribution in [0.1, 0.15) is 31.2 Å². The first-order valence-corrected chi connectivity index (χ1v) is 5.58. The van der Waals surface area contributed by atoms with Crippen molar-refractivity contribution in [2.24, 2.45) is 5.92 Å². The Morgan fingerprint density at radius 3 is 2.50 bits per heavy atom. The van der Waals surface area contributed by atoms with Gasteiger partial charge in [-0.05, 0) is 43.4 Å². The van der Waals surface area contributed by atoms with Crippen LogP contribution in [0.3, 0.4) is 0 Å². The Hall–Kier alpha value is -1.64. The fraction of sp³-hybridized carbons (Fsp3) is 0.385. The first kappa shape index (κ1) is 10.9. The van der Waals surface area contributed by atoms with E-state index in [1.807, 2.05) is 12.1 Å². The standard InChI is InChI=1S/C13H15NO2/c15-13(16)12-3-1-10(2-4-12)9-11-5-7-14-8-6-11/h5-9,12H,1-4H2,(H,15,16). The van der Waals surface area contributed by atoms with Crippen molar-refractivity contribution in [2.45, 2.75) is 25.7 Å². The van der Waals surface area contributed by atoms with E-state index in [9.17, 15) is 4.79 Å². The molecule has 84 valence electrons. The van der Waals surface area contributed by atoms with Crippen molar-refractivity contribution in [1.29, 1.82) is 0 Å². The molecule has 0 unspecified atom stereocenters. The third-order valence-corrected chi connectivity index (χ3v) is 3.05. The number of aliphatic carboxylic acids is 1. The van der Waals surface area contributed by atoms with E-state index in [-0.39, 0.29) is 5.92 Å². The third-order valence-electron chi connectivity index (χ3n) is 3.05. The molecule has 3 nitrogen and oxygen atoms in total. The van der Waals surface area contributed by atoms with Crippen molar-refractivity contribution in [3.8, 4) is 0 Å². The summed E-state index contributed by atoms with van der Waals surface area (Å²) in [6.45, 7) is 0. The number of aromatic nitrogens is 1. The van der Waals surface area contributed by atoms with E-state index in [2.05, 4.69) is 11.1 Å². The minimum absolute atomic E-state index is 0.144. The van der Waals surface area contributed by atoms with Crippen LogP contribution in [0.5, 0.6) is 0 Å². The van der Waals surface area contributed by atoms with E-state index < -0.39 is 5.97 Å². The number of carboxylic acids is 1. The number of allylic oxidation sites excluding steroid dienone is 1. The van der Waals surface area contributed by atoms with Crippen molar-refractivity contribution in [3.05, 3.63) is 35.7 Å². The SMILES string of the molecule is O=C(O)C1CCC(=Cc2ccncc2)CC1. The van der Waals surface area contributed by atoms with Gasteiger partial charge in [-0.25, -0.2) is 0 Å². The molecule has 0 aromatic carbocycles. The molecule has 1 saturated carbocycles. The minimum atomic E-state index is -0.650. The zero-order chi connectivity index (χ0) is 11.4. The van der Waals surface area contributed by atoms with Crippen LogP contribution in [0.2, 0.25) is 0 Å². The summed E-state index contributed by atoms with van der Waals surface area (Å²) in [5.41, 5.74) is 2.50. The predicted molar refractivity (Wildman–Crippen MR) is 61.8 cm³/mol. The maximum Gasteiger partial charge on any atom is 0.306 e. The number of nitrogens with zero attached hydrogens (tertiary/aromatic N) is 1. The Bertz CT molecular complexity index is 388. The first-order valence-electron chi connectivity index (χ1n) is 5.58. The zero-order valence-electron chi connectivity index (χ0n) is 9.10. The van der Waals surface area contributed by atoms with Gasteiger partial charge in [-0.1, -0.05) is 11.6 Å². The van der Waals surface area contributed by atoms with Crippen LogP contribution in [-0.2, 0) is 4.79 Å². The monoisotopic (exact) mass is 217 g/mol. The number of hydrogen-bond acceptors (Lipinski definition) is 2. The first-order chi connectivity index (χ1) is 7.75. The van der Waals surface area contributed by atoms with Crippen LogP contribution < -0.4 is 0 Å². The minimum Gasteiger partial charge on any atom is -0.481 e. The fourth-order valence-electron chi connectivity index (χ4n) is 2.08. The van der Waals surface area contributed by atoms with Gasteiger partial charge >= 0.3 is 5.97 Å². The molecule has 0 spiro atoms. The van der Waals surface area contributed by atoms with Crippen LogP contribution in [0.4, 0.5) is 0 Å². The number of pyridine rings is 1. The van der Waals surface area contributed by atoms with Crippen molar-refractivity contribution in [2.75, 3.05) is 0 Å². The largest absolute Gasteiger partial charge is 0.481 e. The molecule has 16 heavy (non-hydrogen) atoms. The summed E-state index contributed by atoms with van der Waals surface area (Å²) < 4.78 is 0. The molecule has 0 saturated heterocycles. The predicted octanol–water partition coefficient (Wildman–Crippen LogP) is 2.74. The number of hydrogen-bond donors (Lipinski definition) is 1. The van der Waals surface area contributed by atoms with Gasteiger partial charge < -0.3 is 5.11 Å². The molecule has 0 bridgehead atoms. The molecule has 1 aromatic heterocycles. The normalized spacial score (nSPS) is 20.5. The summed E-state index contributed by atoms with van der Waals surface area (Å²) in [6, 6.07) is 3.94. The van der Waals surface area contributed by atoms with E-state index in [0.29, 0.717) is 0 Å². The smallest absolute Gasteiger partial charge is 0.306 e. The van der Waals surface area contributed by atoms with E-state index >= 15 is 0 Å². The number of carboxylic acid groups (broad SMARTS) is 1. The van der Waals surface area contributed by atoms with Gasteiger partial charge in [-0.2, -0.15) is 0 Å². The summed E-state index contributed by atoms with van der Waals surface area (Å²) in [5, 5.41) is 8.89. The maximum absolute atomic E-state index is 10.8. The fourth-order valence-corrected chi connectivity index (χ4v) is 2.08. The molecule has 0 atom stereocenters. The summed E-state index contributed by atoms with van der Waals surface area (Å²) in [7, 11) is 0. The molecular formula is C13H15NO2. The third kappa shape index (κ3) is 2.69. The Labute approximate surface area is 94.8 Å². The van der Waals surface area contributed by atoms with Gasteiger partial charge in [0.15, 0.2) is 0 Å². The average molecular weight is 217 g/mol. The Kier molecular flexibility index (Phi) is 3.34. The molecule has 3 heteroatoms. The molecule has 0 amide bonds. The van der Waals surface area contributed by atoms with E-state index in [4.69, 9.17) is 5.11 Å². The second-order valence-corrected chi connectivity index (χ2v) is 4.20. The zero-order valence-corrected chi connectivity index (χ0v) is 9.10. The molecule has 1 heterocycles. The molecule has 0 radical (unpaired) electrons. The Morgan fingerprint density at radius 2 is 1.94 bits per heavy atom. The molecule has 0 aliphatic heterocycles. The van der Waals surface area contributed by atoms with Crippen LogP contribution in [-0.4, -0.2) is 16.1 Å². The average Bonchev–Trinajstić information content (AvgIpc) is 2.31. The lowest BCUT2D eigenvalue weighted by molar-refractivity contribution is -0.142. The summed E-state index contributed by atoms with van der Waals surface area (Å²) >= 11 is 0. The maximum atomic E-state index is 10.8. The van der Waals surface area contributed by atoms with E-state index in [1.54, 1.807) is 12.4 Å².